The predicted octanol–water partition coefficient (Wildman–Crippen LogP) is 2.75. The Morgan fingerprint density at radius 2 is 2.08 bits per heavy atom. The Kier molecular flexibility index (Phi) is 4.72. The van der Waals surface area contributed by atoms with Gasteiger partial charge in [0.15, 0.2) is 0 Å². The molecule has 3 rings (SSSR count). The fourth-order valence-electron chi connectivity index (χ4n) is 2.20. The van der Waals surface area contributed by atoms with Gasteiger partial charge in [0, 0.05) is 32.1 Å². The number of benzene rings is 1. The monoisotopic (exact) mass is 332 g/mol. The fourth-order valence-corrected chi connectivity index (χ4v) is 2.20. The van der Waals surface area contributed by atoms with Crippen molar-refractivity contribution >= 4 is 11.8 Å². The van der Waals surface area contributed by atoms with Crippen molar-refractivity contribution in [3.8, 4) is 17.7 Å². The van der Waals surface area contributed by atoms with Gasteiger partial charge in [0.05, 0.1) is 11.6 Å². The molecule has 2 aromatic heterocycles. The van der Waals surface area contributed by atoms with Crippen LogP contribution < -0.4 is 15.4 Å². The van der Waals surface area contributed by atoms with Gasteiger partial charge in [-0.25, -0.2) is 9.97 Å². The number of hydrogen-bond acceptors (Lipinski definition) is 7. The average molecular weight is 332 g/mol. The summed E-state index contributed by atoms with van der Waals surface area (Å²) in [6.07, 6.45) is 3.35. The Balaban J connectivity index is 1.74. The highest BCUT2D eigenvalue weighted by Gasteiger charge is 2.08. The molecule has 2 heterocycles. The Labute approximate surface area is 145 Å². The van der Waals surface area contributed by atoms with Crippen molar-refractivity contribution < 1.29 is 4.74 Å². The Morgan fingerprint density at radius 3 is 2.84 bits per heavy atom. The van der Waals surface area contributed by atoms with Crippen LogP contribution in [-0.4, -0.2) is 22.0 Å². The molecule has 7 nitrogen and oxygen atoms in total. The van der Waals surface area contributed by atoms with Crippen molar-refractivity contribution in [1.82, 2.24) is 15.0 Å². The zero-order chi connectivity index (χ0) is 17.6. The van der Waals surface area contributed by atoms with E-state index in [0.29, 0.717) is 35.5 Å². The van der Waals surface area contributed by atoms with E-state index < -0.39 is 0 Å². The molecular formula is C18H16N6O. The highest BCUT2D eigenvalue weighted by molar-refractivity contribution is 5.39. The number of nitrogen functional groups attached to an aromatic ring is 1. The lowest BCUT2D eigenvalue weighted by molar-refractivity contribution is 0.461. The summed E-state index contributed by atoms with van der Waals surface area (Å²) in [5, 5.41) is 8.95. The zero-order valence-electron chi connectivity index (χ0n) is 13.6. The van der Waals surface area contributed by atoms with E-state index in [9.17, 15) is 0 Å². The molecule has 0 aliphatic carbocycles. The summed E-state index contributed by atoms with van der Waals surface area (Å²) in [4.78, 5) is 14.6. The maximum atomic E-state index is 8.95. The third-order valence-corrected chi connectivity index (χ3v) is 3.41. The van der Waals surface area contributed by atoms with Crippen LogP contribution in [0.15, 0.2) is 54.9 Å². The first kappa shape index (κ1) is 16.2. The summed E-state index contributed by atoms with van der Waals surface area (Å²) < 4.78 is 5.72. The van der Waals surface area contributed by atoms with Gasteiger partial charge in [0.1, 0.15) is 11.6 Å². The highest BCUT2D eigenvalue weighted by Crippen LogP contribution is 2.22. The topological polar surface area (TPSA) is 101 Å². The molecule has 25 heavy (non-hydrogen) atoms. The van der Waals surface area contributed by atoms with E-state index in [2.05, 4.69) is 21.0 Å². The molecule has 2 N–H and O–H groups in total. The van der Waals surface area contributed by atoms with Gasteiger partial charge in [-0.05, 0) is 29.8 Å². The molecule has 0 saturated carbocycles. The summed E-state index contributed by atoms with van der Waals surface area (Å²) in [7, 11) is 1.88. The van der Waals surface area contributed by atoms with Crippen LogP contribution in [-0.2, 0) is 6.54 Å². The molecular weight excluding hydrogens is 316 g/mol. The first-order valence-electron chi connectivity index (χ1n) is 7.56. The largest absolute Gasteiger partial charge is 0.439 e. The Hall–Kier alpha value is -3.66. The van der Waals surface area contributed by atoms with Gasteiger partial charge in [-0.15, -0.1) is 0 Å². The SMILES string of the molecule is CN(Cc1ccc(N)nc1)c1nccc(Oc2cccc(C#N)c2)n1. The van der Waals surface area contributed by atoms with Crippen molar-refractivity contribution in [3.05, 3.63) is 66.0 Å². The second-order valence-corrected chi connectivity index (χ2v) is 5.38. The first-order valence-corrected chi connectivity index (χ1v) is 7.56. The Bertz CT molecular complexity index is 904. The molecule has 0 radical (unpaired) electrons. The number of pyridine rings is 1. The number of nitriles is 1. The summed E-state index contributed by atoms with van der Waals surface area (Å²) in [5.41, 5.74) is 7.12. The maximum Gasteiger partial charge on any atom is 0.228 e. The van der Waals surface area contributed by atoms with Crippen LogP contribution in [0.2, 0.25) is 0 Å². The average Bonchev–Trinajstić information content (AvgIpc) is 2.64. The molecule has 124 valence electrons. The van der Waals surface area contributed by atoms with Crippen LogP contribution in [0.5, 0.6) is 11.6 Å². The second kappa shape index (κ2) is 7.27. The summed E-state index contributed by atoms with van der Waals surface area (Å²) >= 11 is 0. The number of anilines is 2. The fraction of sp³-hybridized carbons (Fsp3) is 0.111. The van der Waals surface area contributed by atoms with Crippen LogP contribution in [0.25, 0.3) is 0 Å². The quantitative estimate of drug-likeness (QED) is 0.766. The van der Waals surface area contributed by atoms with Crippen LogP contribution in [0.3, 0.4) is 0 Å². The summed E-state index contributed by atoms with van der Waals surface area (Å²) in [5.74, 6) is 1.96. The molecule has 0 atom stereocenters. The first-order chi connectivity index (χ1) is 12.1. The summed E-state index contributed by atoms with van der Waals surface area (Å²) in [6, 6.07) is 14.3. The van der Waals surface area contributed by atoms with Crippen molar-refractivity contribution in [2.45, 2.75) is 6.54 Å². The molecule has 0 spiro atoms. The third-order valence-electron chi connectivity index (χ3n) is 3.41. The van der Waals surface area contributed by atoms with Crippen molar-refractivity contribution in [1.29, 1.82) is 5.26 Å². The Morgan fingerprint density at radius 1 is 1.20 bits per heavy atom. The van der Waals surface area contributed by atoms with Crippen LogP contribution in [0.1, 0.15) is 11.1 Å². The molecule has 0 amide bonds. The smallest absolute Gasteiger partial charge is 0.228 e. The van der Waals surface area contributed by atoms with Gasteiger partial charge in [-0.3, -0.25) is 0 Å². The molecule has 0 fully saturated rings. The minimum absolute atomic E-state index is 0.405. The van der Waals surface area contributed by atoms with E-state index >= 15 is 0 Å². The molecule has 7 heteroatoms. The van der Waals surface area contributed by atoms with E-state index in [4.69, 9.17) is 15.7 Å². The molecule has 1 aromatic carbocycles. The molecule has 0 unspecified atom stereocenters. The van der Waals surface area contributed by atoms with E-state index in [1.165, 1.54) is 0 Å². The molecule has 0 aliphatic heterocycles. The van der Waals surface area contributed by atoms with Gasteiger partial charge in [0.2, 0.25) is 11.8 Å². The van der Waals surface area contributed by atoms with Crippen molar-refractivity contribution in [2.75, 3.05) is 17.7 Å². The van der Waals surface area contributed by atoms with E-state index in [1.807, 2.05) is 18.0 Å². The minimum Gasteiger partial charge on any atom is -0.439 e. The van der Waals surface area contributed by atoms with Gasteiger partial charge >= 0.3 is 0 Å². The number of ether oxygens (including phenoxy) is 1. The molecule has 0 aliphatic rings. The number of nitrogens with two attached hydrogens (primary N) is 1. The molecule has 0 saturated heterocycles. The van der Waals surface area contributed by atoms with E-state index in [0.717, 1.165) is 5.56 Å². The maximum absolute atomic E-state index is 8.95. The predicted molar refractivity (Wildman–Crippen MR) is 94.0 cm³/mol. The van der Waals surface area contributed by atoms with Crippen molar-refractivity contribution in [3.63, 3.8) is 0 Å². The van der Waals surface area contributed by atoms with Crippen LogP contribution in [0, 0.1) is 11.3 Å². The van der Waals surface area contributed by atoms with Gasteiger partial charge in [0.25, 0.3) is 0 Å². The highest BCUT2D eigenvalue weighted by atomic mass is 16.5. The lowest BCUT2D eigenvalue weighted by Crippen LogP contribution is -2.19. The van der Waals surface area contributed by atoms with E-state index in [1.54, 1.807) is 48.8 Å². The second-order valence-electron chi connectivity index (χ2n) is 5.38. The number of aromatic nitrogens is 3. The zero-order valence-corrected chi connectivity index (χ0v) is 13.6. The normalized spacial score (nSPS) is 10.1. The lowest BCUT2D eigenvalue weighted by Gasteiger charge is -2.17. The van der Waals surface area contributed by atoms with Crippen molar-refractivity contribution in [2.24, 2.45) is 0 Å². The van der Waals surface area contributed by atoms with Gasteiger partial charge in [-0.1, -0.05) is 12.1 Å². The van der Waals surface area contributed by atoms with Crippen LogP contribution in [0.4, 0.5) is 11.8 Å². The van der Waals surface area contributed by atoms with Gasteiger partial charge < -0.3 is 15.4 Å². The molecule has 3 aromatic rings. The standard InChI is InChI=1S/C18H16N6O/c1-24(12-14-5-6-16(20)22-11-14)18-21-8-7-17(23-18)25-15-4-2-3-13(9-15)10-19/h2-9,11H,12H2,1H3,(H2,20,22). The lowest BCUT2D eigenvalue weighted by atomic mass is 10.2. The number of hydrogen-bond donors (Lipinski definition) is 1. The number of rotatable bonds is 5. The third kappa shape index (κ3) is 4.20. The van der Waals surface area contributed by atoms with Crippen LogP contribution >= 0.6 is 0 Å². The minimum atomic E-state index is 0.405. The van der Waals surface area contributed by atoms with E-state index in [-0.39, 0.29) is 0 Å². The summed E-state index contributed by atoms with van der Waals surface area (Å²) in [6.45, 7) is 0.584. The number of nitrogens with zero attached hydrogens (tertiary/aromatic N) is 5. The van der Waals surface area contributed by atoms with Gasteiger partial charge in [-0.2, -0.15) is 10.2 Å². The molecule has 0 bridgehead atoms.